The lowest BCUT2D eigenvalue weighted by molar-refractivity contribution is -0.363. The highest BCUT2D eigenvalue weighted by Gasteiger charge is 2.54. The first kappa shape index (κ1) is 14.3. The van der Waals surface area contributed by atoms with Gasteiger partial charge in [0, 0.05) is 29.8 Å². The molecular weight excluding hydrogens is 271 g/mol. The maximum atomic E-state index is 15.1. The van der Waals surface area contributed by atoms with E-state index in [0.717, 1.165) is 16.7 Å². The van der Waals surface area contributed by atoms with Gasteiger partial charge in [0.05, 0.1) is 0 Å². The highest BCUT2D eigenvalue weighted by Crippen LogP contribution is 2.42. The standard InChI is InChI=1S/C15H20BF2N3/c1-9-7-11(3)20-14(9)13(5-6-19)15-10(2)8-12(4)21(15)16(20,17)18/h7-8H,5-6,19H2,1-4H3. The van der Waals surface area contributed by atoms with Gasteiger partial charge in [0.25, 0.3) is 0 Å². The summed E-state index contributed by atoms with van der Waals surface area (Å²) in [7, 11) is 0. The van der Waals surface area contributed by atoms with E-state index in [1.165, 1.54) is 8.96 Å². The van der Waals surface area contributed by atoms with Gasteiger partial charge in [0.15, 0.2) is 5.70 Å². The second-order valence-corrected chi connectivity index (χ2v) is 5.98. The van der Waals surface area contributed by atoms with E-state index in [1.807, 2.05) is 26.0 Å². The lowest BCUT2D eigenvalue weighted by Crippen LogP contribution is -2.51. The van der Waals surface area contributed by atoms with Crippen molar-refractivity contribution in [2.24, 2.45) is 5.73 Å². The number of aromatic nitrogens is 1. The van der Waals surface area contributed by atoms with Crippen LogP contribution in [0.5, 0.6) is 0 Å². The van der Waals surface area contributed by atoms with Crippen molar-refractivity contribution in [1.82, 2.24) is 4.48 Å². The molecule has 1 aromatic rings. The van der Waals surface area contributed by atoms with Crippen LogP contribution in [0.2, 0.25) is 0 Å². The van der Waals surface area contributed by atoms with Crippen LogP contribution in [0, 0.1) is 13.8 Å². The first-order valence-corrected chi connectivity index (χ1v) is 7.26. The molecule has 2 N–H and O–H groups in total. The molecule has 0 saturated carbocycles. The fourth-order valence-electron chi connectivity index (χ4n) is 3.81. The Hall–Kier alpha value is -1.69. The number of halogens is 2. The molecule has 2 aliphatic heterocycles. The average Bonchev–Trinajstić information content (AvgIpc) is 2.83. The smallest absolute Gasteiger partial charge is 0.394 e. The summed E-state index contributed by atoms with van der Waals surface area (Å²) in [6, 6.07) is 1.83. The molecular formula is C15H20BF2N3. The topological polar surface area (TPSA) is 34.0 Å². The minimum absolute atomic E-state index is 0.446. The van der Waals surface area contributed by atoms with Gasteiger partial charge in [-0.2, -0.15) is 0 Å². The van der Waals surface area contributed by atoms with E-state index in [2.05, 4.69) is 0 Å². The Bertz CT molecular complexity index is 738. The summed E-state index contributed by atoms with van der Waals surface area (Å²) in [6.07, 6.45) is 2.43. The van der Waals surface area contributed by atoms with E-state index >= 15 is 8.63 Å². The van der Waals surface area contributed by atoms with Crippen LogP contribution in [0.4, 0.5) is 8.63 Å². The van der Waals surface area contributed by atoms with Gasteiger partial charge in [-0.3, -0.25) is 0 Å². The number of nitrogens with zero attached hydrogens (tertiary/aromatic N) is 2. The van der Waals surface area contributed by atoms with Gasteiger partial charge in [-0.05, 0) is 51.1 Å². The number of aryl methyl sites for hydroxylation is 2. The van der Waals surface area contributed by atoms with E-state index < -0.39 is 6.97 Å². The van der Waals surface area contributed by atoms with E-state index in [4.69, 9.17) is 5.73 Å². The van der Waals surface area contributed by atoms with Gasteiger partial charge in [-0.25, -0.2) is 0 Å². The van der Waals surface area contributed by atoms with E-state index in [1.54, 1.807) is 13.8 Å². The Labute approximate surface area is 123 Å². The predicted octanol–water partition coefficient (Wildman–Crippen LogP) is 2.83. The molecule has 1 aromatic heterocycles. The molecule has 0 aromatic carbocycles. The van der Waals surface area contributed by atoms with Crippen LogP contribution in [0.1, 0.15) is 37.2 Å². The fourth-order valence-corrected chi connectivity index (χ4v) is 3.81. The van der Waals surface area contributed by atoms with Gasteiger partial charge in [-0.1, -0.05) is 0 Å². The van der Waals surface area contributed by atoms with E-state index in [9.17, 15) is 0 Å². The number of hydrogen-bond acceptors (Lipinski definition) is 1. The molecule has 0 fully saturated rings. The molecule has 3 heterocycles. The average molecular weight is 291 g/mol. The summed E-state index contributed by atoms with van der Waals surface area (Å²) in [6.45, 7) is 3.86. The lowest BCUT2D eigenvalue weighted by Gasteiger charge is -2.33. The van der Waals surface area contributed by atoms with Gasteiger partial charge in [0.2, 0.25) is 0 Å². The molecule has 3 rings (SSSR count). The second kappa shape index (κ2) is 4.40. The monoisotopic (exact) mass is 291 g/mol. The normalized spacial score (nSPS) is 19.9. The van der Waals surface area contributed by atoms with E-state index in [0.29, 0.717) is 35.8 Å². The molecule has 0 aliphatic carbocycles. The molecule has 112 valence electrons. The van der Waals surface area contributed by atoms with Crippen LogP contribution >= 0.6 is 0 Å². The van der Waals surface area contributed by atoms with Crippen molar-refractivity contribution in [3.63, 3.8) is 0 Å². The third kappa shape index (κ3) is 1.72. The maximum absolute atomic E-state index is 15.1. The van der Waals surface area contributed by atoms with Crippen LogP contribution in [0.3, 0.4) is 0 Å². The van der Waals surface area contributed by atoms with Gasteiger partial charge in [0.1, 0.15) is 5.71 Å². The number of nitrogens with two attached hydrogens (primary N) is 1. The third-order valence-corrected chi connectivity index (χ3v) is 4.43. The minimum Gasteiger partial charge on any atom is -0.394 e. The molecule has 0 radical (unpaired) electrons. The SMILES string of the molecule is CC1=CC(C)=[N+]2C1=C(CCN)c1c(C)cc(C)n1[B-]2(F)F. The molecule has 0 unspecified atom stereocenters. The largest absolute Gasteiger partial charge is 0.737 e. The van der Waals surface area contributed by atoms with Crippen molar-refractivity contribution in [2.75, 3.05) is 6.54 Å². The van der Waals surface area contributed by atoms with Gasteiger partial charge < -0.3 is 23.3 Å². The highest BCUT2D eigenvalue weighted by molar-refractivity contribution is 6.58. The molecule has 6 heteroatoms. The second-order valence-electron chi connectivity index (χ2n) is 5.98. The molecule has 2 aliphatic rings. The van der Waals surface area contributed by atoms with Crippen LogP contribution in [-0.2, 0) is 0 Å². The zero-order valence-corrected chi connectivity index (χ0v) is 12.9. The van der Waals surface area contributed by atoms with Crippen molar-refractivity contribution in [3.05, 3.63) is 40.4 Å². The van der Waals surface area contributed by atoms with Crippen LogP contribution in [0.15, 0.2) is 23.4 Å². The van der Waals surface area contributed by atoms with Crippen molar-refractivity contribution < 1.29 is 13.1 Å². The zero-order chi connectivity index (χ0) is 15.5. The van der Waals surface area contributed by atoms with Crippen molar-refractivity contribution in [1.29, 1.82) is 0 Å². The molecule has 0 amide bonds. The molecule has 0 saturated heterocycles. The quantitative estimate of drug-likeness (QED) is 0.835. The summed E-state index contributed by atoms with van der Waals surface area (Å²) >= 11 is 0. The highest BCUT2D eigenvalue weighted by atomic mass is 19.2. The first-order valence-electron chi connectivity index (χ1n) is 7.26. The summed E-state index contributed by atoms with van der Waals surface area (Å²) in [4.78, 5) is 0. The summed E-state index contributed by atoms with van der Waals surface area (Å²) in [5, 5.41) is 0. The van der Waals surface area contributed by atoms with Crippen molar-refractivity contribution >= 4 is 18.3 Å². The van der Waals surface area contributed by atoms with Gasteiger partial charge in [-0.15, -0.1) is 0 Å². The fraction of sp³-hybridized carbons (Fsp3) is 0.400. The summed E-state index contributed by atoms with van der Waals surface area (Å²) in [5.74, 6) is 0. The summed E-state index contributed by atoms with van der Waals surface area (Å²) in [5.41, 5.74) is 10.9. The van der Waals surface area contributed by atoms with Gasteiger partial charge >= 0.3 is 6.97 Å². The van der Waals surface area contributed by atoms with Crippen molar-refractivity contribution in [2.45, 2.75) is 34.1 Å². The first-order chi connectivity index (χ1) is 9.80. The Morgan fingerprint density at radius 1 is 1.24 bits per heavy atom. The summed E-state index contributed by atoms with van der Waals surface area (Å²) < 4.78 is 32.6. The maximum Gasteiger partial charge on any atom is 0.737 e. The minimum atomic E-state index is -3.85. The lowest BCUT2D eigenvalue weighted by atomic mass is 9.85. The van der Waals surface area contributed by atoms with E-state index in [-0.39, 0.29) is 0 Å². The number of allylic oxidation sites excluding steroid dienone is 2. The molecule has 0 bridgehead atoms. The van der Waals surface area contributed by atoms with Crippen LogP contribution < -0.4 is 5.73 Å². The molecule has 0 atom stereocenters. The molecule has 3 nitrogen and oxygen atoms in total. The molecule has 21 heavy (non-hydrogen) atoms. The van der Waals surface area contributed by atoms with Crippen molar-refractivity contribution in [3.8, 4) is 0 Å². The van der Waals surface area contributed by atoms with Crippen LogP contribution in [0.25, 0.3) is 5.57 Å². The third-order valence-electron chi connectivity index (χ3n) is 4.43. The number of hydrogen-bond donors (Lipinski definition) is 1. The number of fused-ring (bicyclic) bond motifs is 2. The number of rotatable bonds is 2. The predicted molar refractivity (Wildman–Crippen MR) is 82.6 cm³/mol. The Kier molecular flexibility index (Phi) is 2.99. The Morgan fingerprint density at radius 3 is 2.52 bits per heavy atom. The Balaban J connectivity index is 2.44. The zero-order valence-electron chi connectivity index (χ0n) is 12.9. The molecule has 0 spiro atoms. The van der Waals surface area contributed by atoms with Crippen LogP contribution in [-0.4, -0.2) is 28.2 Å². The Morgan fingerprint density at radius 2 is 1.90 bits per heavy atom.